The summed E-state index contributed by atoms with van der Waals surface area (Å²) in [7, 11) is 0. The Morgan fingerprint density at radius 1 is 0.792 bits per heavy atom. The fraction of sp³-hybridized carbons (Fsp3) is 0.143. The third kappa shape index (κ3) is 4.77. The number of anilines is 1. The highest BCUT2D eigenvalue weighted by Gasteiger charge is 2.03. The van der Waals surface area contributed by atoms with E-state index in [1.54, 1.807) is 0 Å². The van der Waals surface area contributed by atoms with E-state index in [9.17, 15) is 0 Å². The van der Waals surface area contributed by atoms with Gasteiger partial charge in [-0.15, -0.1) is 0 Å². The van der Waals surface area contributed by atoms with Gasteiger partial charge in [0.2, 0.25) is 0 Å². The molecule has 3 heteroatoms. The first-order valence-electron chi connectivity index (χ1n) is 8.05. The van der Waals surface area contributed by atoms with Crippen molar-refractivity contribution in [3.05, 3.63) is 95.0 Å². The van der Waals surface area contributed by atoms with Crippen molar-refractivity contribution in [3.8, 4) is 5.75 Å². The first-order valence-corrected chi connectivity index (χ1v) is 8.43. The van der Waals surface area contributed by atoms with Crippen LogP contribution >= 0.6 is 11.6 Å². The van der Waals surface area contributed by atoms with Gasteiger partial charge in [-0.25, -0.2) is 0 Å². The smallest absolute Gasteiger partial charge is 0.124 e. The summed E-state index contributed by atoms with van der Waals surface area (Å²) < 4.78 is 5.99. The van der Waals surface area contributed by atoms with Gasteiger partial charge in [0.05, 0.1) is 6.61 Å². The highest BCUT2D eigenvalue weighted by atomic mass is 35.5. The van der Waals surface area contributed by atoms with Crippen molar-refractivity contribution >= 4 is 17.3 Å². The van der Waals surface area contributed by atoms with Gasteiger partial charge < -0.3 is 10.1 Å². The van der Waals surface area contributed by atoms with Crippen molar-refractivity contribution in [2.75, 3.05) is 11.9 Å². The van der Waals surface area contributed by atoms with Crippen molar-refractivity contribution in [1.29, 1.82) is 0 Å². The zero-order valence-electron chi connectivity index (χ0n) is 13.4. The third-order valence-corrected chi connectivity index (χ3v) is 4.04. The highest BCUT2D eigenvalue weighted by Crippen LogP contribution is 2.21. The normalized spacial score (nSPS) is 10.4. The third-order valence-electron chi connectivity index (χ3n) is 3.79. The Morgan fingerprint density at radius 2 is 1.50 bits per heavy atom. The van der Waals surface area contributed by atoms with Gasteiger partial charge in [-0.1, -0.05) is 60.1 Å². The predicted molar refractivity (Wildman–Crippen MR) is 101 cm³/mol. The van der Waals surface area contributed by atoms with Gasteiger partial charge >= 0.3 is 0 Å². The Labute approximate surface area is 148 Å². The van der Waals surface area contributed by atoms with E-state index in [-0.39, 0.29) is 0 Å². The van der Waals surface area contributed by atoms with Crippen molar-refractivity contribution in [1.82, 2.24) is 0 Å². The molecule has 0 saturated carbocycles. The van der Waals surface area contributed by atoms with Crippen molar-refractivity contribution in [2.45, 2.75) is 13.0 Å². The van der Waals surface area contributed by atoms with E-state index in [2.05, 4.69) is 35.6 Å². The number of hydrogen-bond donors (Lipinski definition) is 1. The maximum Gasteiger partial charge on any atom is 0.124 e. The molecule has 0 aliphatic rings. The van der Waals surface area contributed by atoms with Gasteiger partial charge in [0, 0.05) is 29.2 Å². The van der Waals surface area contributed by atoms with E-state index in [0.29, 0.717) is 13.2 Å². The second-order valence-electron chi connectivity index (χ2n) is 5.55. The summed E-state index contributed by atoms with van der Waals surface area (Å²) in [6.45, 7) is 1.38. The summed E-state index contributed by atoms with van der Waals surface area (Å²) in [6, 6.07) is 26.2. The van der Waals surface area contributed by atoms with Crippen molar-refractivity contribution in [3.63, 3.8) is 0 Å². The molecule has 0 atom stereocenters. The lowest BCUT2D eigenvalue weighted by Crippen LogP contribution is -2.06. The molecule has 0 aliphatic heterocycles. The molecule has 3 aromatic rings. The first kappa shape index (κ1) is 16.4. The maximum absolute atomic E-state index is 5.99. The molecule has 1 N–H and O–H groups in total. The summed E-state index contributed by atoms with van der Waals surface area (Å²) in [5.74, 6) is 0.926. The SMILES string of the molecule is Clc1ccc(NCc2ccccc2OCCc2ccccc2)cc1. The molecule has 0 radical (unpaired) electrons. The minimum atomic E-state index is 0.669. The van der Waals surface area contributed by atoms with Crippen LogP contribution in [0.2, 0.25) is 5.02 Å². The monoisotopic (exact) mass is 337 g/mol. The van der Waals surface area contributed by atoms with Gasteiger partial charge in [-0.3, -0.25) is 0 Å². The Hall–Kier alpha value is -2.45. The number of halogens is 1. The molecule has 2 nitrogen and oxygen atoms in total. The van der Waals surface area contributed by atoms with Crippen LogP contribution in [0.4, 0.5) is 5.69 Å². The molecule has 0 aliphatic carbocycles. The Bertz CT molecular complexity index is 756. The van der Waals surface area contributed by atoms with E-state index >= 15 is 0 Å². The Morgan fingerprint density at radius 3 is 2.29 bits per heavy atom. The lowest BCUT2D eigenvalue weighted by Gasteiger charge is -2.13. The molecule has 0 amide bonds. The molecule has 0 fully saturated rings. The van der Waals surface area contributed by atoms with Crippen LogP contribution in [0.15, 0.2) is 78.9 Å². The van der Waals surface area contributed by atoms with Gasteiger partial charge in [0.25, 0.3) is 0 Å². The average molecular weight is 338 g/mol. The highest BCUT2D eigenvalue weighted by molar-refractivity contribution is 6.30. The summed E-state index contributed by atoms with van der Waals surface area (Å²) in [5, 5.41) is 4.14. The fourth-order valence-electron chi connectivity index (χ4n) is 2.48. The predicted octanol–water partition coefficient (Wildman–Crippen LogP) is 5.57. The van der Waals surface area contributed by atoms with Crippen LogP contribution in [0, 0.1) is 0 Å². The summed E-state index contributed by atoms with van der Waals surface area (Å²) in [6.07, 6.45) is 0.903. The molecule has 0 spiro atoms. The largest absolute Gasteiger partial charge is 0.493 e. The molecular formula is C21H20ClNO. The lowest BCUT2D eigenvalue weighted by atomic mass is 10.1. The van der Waals surface area contributed by atoms with Crippen LogP contribution in [0.5, 0.6) is 5.75 Å². The summed E-state index contributed by atoms with van der Waals surface area (Å²) in [4.78, 5) is 0. The standard InChI is InChI=1S/C21H20ClNO/c22-19-10-12-20(13-11-19)23-16-18-8-4-5-9-21(18)24-15-14-17-6-2-1-3-7-17/h1-13,23H,14-16H2. The molecule has 0 heterocycles. The van der Waals surface area contributed by atoms with E-state index in [4.69, 9.17) is 16.3 Å². The summed E-state index contributed by atoms with van der Waals surface area (Å²) >= 11 is 5.91. The number of rotatable bonds is 7. The van der Waals surface area contributed by atoms with Gasteiger partial charge in [0.15, 0.2) is 0 Å². The number of nitrogens with one attached hydrogen (secondary N) is 1. The zero-order chi connectivity index (χ0) is 16.6. The second-order valence-corrected chi connectivity index (χ2v) is 5.99. The van der Waals surface area contributed by atoms with E-state index in [1.807, 2.05) is 48.5 Å². The van der Waals surface area contributed by atoms with E-state index < -0.39 is 0 Å². The fourth-order valence-corrected chi connectivity index (χ4v) is 2.61. The molecule has 24 heavy (non-hydrogen) atoms. The molecular weight excluding hydrogens is 318 g/mol. The molecule has 122 valence electrons. The number of hydrogen-bond acceptors (Lipinski definition) is 2. The van der Waals surface area contributed by atoms with Gasteiger partial charge in [0.1, 0.15) is 5.75 Å². The van der Waals surface area contributed by atoms with Crippen LogP contribution in [0.25, 0.3) is 0 Å². The molecule has 0 unspecified atom stereocenters. The van der Waals surface area contributed by atoms with Crippen molar-refractivity contribution < 1.29 is 4.74 Å². The van der Waals surface area contributed by atoms with Crippen LogP contribution in [0.1, 0.15) is 11.1 Å². The van der Waals surface area contributed by atoms with Crippen LogP contribution in [0.3, 0.4) is 0 Å². The topological polar surface area (TPSA) is 21.3 Å². The van der Waals surface area contributed by atoms with Crippen LogP contribution in [-0.4, -0.2) is 6.61 Å². The Balaban J connectivity index is 1.57. The molecule has 0 saturated heterocycles. The maximum atomic E-state index is 5.99. The second kappa shape index (κ2) is 8.42. The molecule has 0 aromatic heterocycles. The number of ether oxygens (including phenoxy) is 1. The Kier molecular flexibility index (Phi) is 5.75. The zero-order valence-corrected chi connectivity index (χ0v) is 14.2. The average Bonchev–Trinajstić information content (AvgIpc) is 2.63. The van der Waals surface area contributed by atoms with Gasteiger partial charge in [-0.2, -0.15) is 0 Å². The van der Waals surface area contributed by atoms with Gasteiger partial charge in [-0.05, 0) is 35.9 Å². The number of para-hydroxylation sites is 1. The molecule has 3 rings (SSSR count). The molecule has 0 bridgehead atoms. The molecule has 3 aromatic carbocycles. The minimum Gasteiger partial charge on any atom is -0.493 e. The van der Waals surface area contributed by atoms with Crippen molar-refractivity contribution in [2.24, 2.45) is 0 Å². The lowest BCUT2D eigenvalue weighted by molar-refractivity contribution is 0.319. The van der Waals surface area contributed by atoms with Crippen LogP contribution in [-0.2, 0) is 13.0 Å². The van der Waals surface area contributed by atoms with E-state index in [0.717, 1.165) is 28.4 Å². The number of benzene rings is 3. The first-order chi connectivity index (χ1) is 11.8. The van der Waals surface area contributed by atoms with Crippen LogP contribution < -0.4 is 10.1 Å². The summed E-state index contributed by atoms with van der Waals surface area (Å²) in [5.41, 5.74) is 3.47. The van der Waals surface area contributed by atoms with E-state index in [1.165, 1.54) is 5.56 Å². The minimum absolute atomic E-state index is 0.669. The quantitative estimate of drug-likeness (QED) is 0.608.